The van der Waals surface area contributed by atoms with Crippen LogP contribution in [0.3, 0.4) is 0 Å². The molecule has 3 aromatic carbocycles. The van der Waals surface area contributed by atoms with E-state index in [0.717, 1.165) is 40.4 Å². The van der Waals surface area contributed by atoms with Crippen LogP contribution in [-0.2, 0) is 0 Å². The van der Waals surface area contributed by atoms with Gasteiger partial charge < -0.3 is 8.82 Å². The molecule has 0 radical (unpaired) electrons. The molecule has 0 saturated heterocycles. The van der Waals surface area contributed by atoms with Crippen molar-refractivity contribution in [2.45, 2.75) is 87.9 Å². The molecule has 47 heavy (non-hydrogen) atoms. The van der Waals surface area contributed by atoms with Crippen LogP contribution in [0.4, 0.5) is 0 Å². The van der Waals surface area contributed by atoms with Crippen LogP contribution in [0.15, 0.2) is 47.0 Å². The van der Waals surface area contributed by atoms with E-state index < -0.39 is 0 Å². The summed E-state index contributed by atoms with van der Waals surface area (Å²) in [4.78, 5) is 5.43. The van der Waals surface area contributed by atoms with Gasteiger partial charge in [0.05, 0.1) is 39.8 Å². The Labute approximate surface area is 272 Å². The molecule has 7 atom stereocenters. The fraction of sp³-hybridized carbons (Fsp3) is 0.442. The van der Waals surface area contributed by atoms with Crippen LogP contribution in [-0.4, -0.2) is 9.38 Å². The van der Waals surface area contributed by atoms with Gasteiger partial charge in [0, 0.05) is 38.5 Å². The van der Waals surface area contributed by atoms with E-state index in [9.17, 15) is 5.26 Å². The van der Waals surface area contributed by atoms with Crippen LogP contribution in [0.1, 0.15) is 116 Å². The van der Waals surface area contributed by atoms with Gasteiger partial charge in [-0.3, -0.25) is 4.98 Å². The van der Waals surface area contributed by atoms with Crippen molar-refractivity contribution in [3.05, 3.63) is 70.5 Å². The van der Waals surface area contributed by atoms with Gasteiger partial charge in [-0.2, -0.15) is 5.26 Å². The third kappa shape index (κ3) is 2.48. The maximum Gasteiger partial charge on any atom is 0.145 e. The summed E-state index contributed by atoms with van der Waals surface area (Å²) in [5, 5.41) is 18.9. The molecule has 0 amide bonds. The molecule has 5 fully saturated rings. The number of aromatic nitrogens is 2. The van der Waals surface area contributed by atoms with Crippen molar-refractivity contribution < 1.29 is 4.42 Å². The highest BCUT2D eigenvalue weighted by Crippen LogP contribution is 2.77. The lowest BCUT2D eigenvalue weighted by atomic mass is 9.56. The van der Waals surface area contributed by atoms with Crippen LogP contribution < -0.4 is 0 Å². The van der Waals surface area contributed by atoms with Gasteiger partial charge in [0.2, 0.25) is 0 Å². The van der Waals surface area contributed by atoms with E-state index in [4.69, 9.17) is 9.40 Å². The summed E-state index contributed by atoms with van der Waals surface area (Å²) in [6.45, 7) is 0. The number of hydrogen-bond donors (Lipinski definition) is 0. The number of fused-ring (bicyclic) bond motifs is 16. The maximum atomic E-state index is 10.9. The molecule has 15 rings (SSSR count). The Hall–Kier alpha value is -4.10. The lowest BCUT2D eigenvalue weighted by molar-refractivity contribution is 0.00322. The second-order valence-electron chi connectivity index (χ2n) is 17.5. The van der Waals surface area contributed by atoms with E-state index in [1.807, 2.05) is 0 Å². The molecule has 4 nitrogen and oxygen atoms in total. The zero-order chi connectivity index (χ0) is 30.1. The molecule has 7 bridgehead atoms. The van der Waals surface area contributed by atoms with Crippen molar-refractivity contribution in [1.29, 1.82) is 5.26 Å². The van der Waals surface area contributed by atoms with Gasteiger partial charge in [-0.1, -0.05) is 18.2 Å². The van der Waals surface area contributed by atoms with Crippen LogP contribution in [0.25, 0.3) is 60.0 Å². The Morgan fingerprint density at radius 2 is 1.51 bits per heavy atom. The summed E-state index contributed by atoms with van der Waals surface area (Å²) in [7, 11) is 0. The molecule has 7 aromatic rings. The Balaban J connectivity index is 1.22. The number of benzene rings is 3. The third-order valence-electron chi connectivity index (χ3n) is 15.8. The number of rotatable bonds is 0. The highest BCUT2D eigenvalue weighted by atomic mass is 16.3. The highest BCUT2D eigenvalue weighted by Gasteiger charge is 2.66. The second-order valence-corrected chi connectivity index (χ2v) is 17.5. The van der Waals surface area contributed by atoms with Crippen molar-refractivity contribution in [2.24, 2.45) is 29.1 Å². The van der Waals surface area contributed by atoms with Crippen molar-refractivity contribution in [3.8, 4) is 6.07 Å². The normalized spacial score (nSPS) is 35.7. The molecule has 5 saturated carbocycles. The molecule has 8 aliphatic rings. The summed E-state index contributed by atoms with van der Waals surface area (Å²) < 4.78 is 9.50. The summed E-state index contributed by atoms with van der Waals surface area (Å²) in [6.07, 6.45) is 15.6. The van der Waals surface area contributed by atoms with Crippen LogP contribution in [0.2, 0.25) is 0 Å². The van der Waals surface area contributed by atoms with Gasteiger partial charge in [0.1, 0.15) is 11.2 Å². The van der Waals surface area contributed by atoms with E-state index in [1.54, 1.807) is 5.56 Å². The van der Waals surface area contributed by atoms with E-state index in [0.29, 0.717) is 29.1 Å². The van der Waals surface area contributed by atoms with Gasteiger partial charge >= 0.3 is 0 Å². The fourth-order valence-electron chi connectivity index (χ4n) is 14.6. The monoisotopic (exact) mass is 609 g/mol. The molecular weight excluding hydrogens is 574 g/mol. The minimum absolute atomic E-state index is 0.524. The number of nitrogens with zero attached hydrogens (tertiary/aromatic N) is 3. The highest BCUT2D eigenvalue weighted by molar-refractivity contribution is 6.34. The average molecular weight is 610 g/mol. The molecule has 228 valence electrons. The molecule has 8 aliphatic carbocycles. The van der Waals surface area contributed by atoms with Gasteiger partial charge in [-0.05, 0) is 146 Å². The lowest BCUT2D eigenvalue weighted by Crippen LogP contribution is -2.41. The number of furan rings is 1. The number of nitriles is 1. The SMILES string of the molecule is N#Cc1cc2c(c3c1C1CC4CC5CC3CC45C1)c1c3oc4ccccc4c3cc3c4c5c(ncc4n2c31)C1CC2CC(C1)CC5C2. The van der Waals surface area contributed by atoms with Crippen LogP contribution in [0, 0.1) is 40.4 Å². The van der Waals surface area contributed by atoms with Gasteiger partial charge in [0.25, 0.3) is 0 Å². The predicted molar refractivity (Wildman–Crippen MR) is 184 cm³/mol. The van der Waals surface area contributed by atoms with Crippen LogP contribution >= 0.6 is 0 Å². The average Bonchev–Trinajstić information content (AvgIpc) is 3.81. The first-order valence-corrected chi connectivity index (χ1v) is 18.6. The smallest absolute Gasteiger partial charge is 0.145 e. The Bertz CT molecular complexity index is 2670. The van der Waals surface area contributed by atoms with Crippen molar-refractivity contribution in [1.82, 2.24) is 9.38 Å². The Morgan fingerprint density at radius 1 is 0.723 bits per heavy atom. The van der Waals surface area contributed by atoms with E-state index >= 15 is 0 Å². The molecule has 1 spiro atoms. The number of para-hydroxylation sites is 1. The topological polar surface area (TPSA) is 54.2 Å². The van der Waals surface area contributed by atoms with Crippen molar-refractivity contribution in [2.75, 3.05) is 0 Å². The lowest BCUT2D eigenvalue weighted by Gasteiger charge is -2.48. The summed E-state index contributed by atoms with van der Waals surface area (Å²) >= 11 is 0. The third-order valence-corrected chi connectivity index (χ3v) is 15.8. The zero-order valence-electron chi connectivity index (χ0n) is 26.5. The molecular formula is C43H35N3O. The summed E-state index contributed by atoms with van der Waals surface area (Å²) in [6, 6.07) is 16.2. The predicted octanol–water partition coefficient (Wildman–Crippen LogP) is 10.8. The molecule has 4 aromatic heterocycles. The molecule has 7 unspecified atom stereocenters. The largest absolute Gasteiger partial charge is 0.455 e. The maximum absolute atomic E-state index is 10.9. The quantitative estimate of drug-likeness (QED) is 0.172. The van der Waals surface area contributed by atoms with E-state index in [-0.39, 0.29) is 0 Å². The minimum atomic E-state index is 0.524. The standard InChI is InChI=1S/C43H35N3O/c44-17-25-12-31-38(35-24-11-27-13-26-10-23(34(25)35)15-43(26,27)16-24)39-41-30(14-29-28-3-1-2-4-33(28)47-42(29)39)37-32(46(31)41)18-45-40-22-8-19-5-20(9-22)7-21(6-19)36(37)40/h1-4,12,14,18-24,26-27H,5-11,13,15-16H2. The van der Waals surface area contributed by atoms with Gasteiger partial charge in [0.15, 0.2) is 0 Å². The Morgan fingerprint density at radius 3 is 2.34 bits per heavy atom. The molecule has 0 N–H and O–H groups in total. The molecule has 4 heteroatoms. The van der Waals surface area contributed by atoms with Gasteiger partial charge in [-0.15, -0.1) is 0 Å². The second kappa shape index (κ2) is 7.46. The molecule has 4 heterocycles. The summed E-state index contributed by atoms with van der Waals surface area (Å²) in [5.74, 6) is 5.75. The first-order chi connectivity index (χ1) is 23.2. The van der Waals surface area contributed by atoms with Crippen molar-refractivity contribution >= 4 is 60.0 Å². The minimum Gasteiger partial charge on any atom is -0.455 e. The van der Waals surface area contributed by atoms with Crippen LogP contribution in [0.5, 0.6) is 0 Å². The van der Waals surface area contributed by atoms with Crippen molar-refractivity contribution in [3.63, 3.8) is 0 Å². The fourth-order valence-corrected chi connectivity index (χ4v) is 14.6. The van der Waals surface area contributed by atoms with E-state index in [2.05, 4.69) is 53.1 Å². The zero-order valence-corrected chi connectivity index (χ0v) is 26.5. The number of hydrogen-bond acceptors (Lipinski definition) is 3. The number of pyridine rings is 1. The molecule has 0 aliphatic heterocycles. The van der Waals surface area contributed by atoms with E-state index in [1.165, 1.54) is 130 Å². The first-order valence-electron chi connectivity index (χ1n) is 18.6. The van der Waals surface area contributed by atoms with Gasteiger partial charge in [-0.25, -0.2) is 0 Å². The summed E-state index contributed by atoms with van der Waals surface area (Å²) in [5.41, 5.74) is 13.2. The Kier molecular flexibility index (Phi) is 3.83. The first kappa shape index (κ1) is 24.1.